The molecule has 41 heavy (non-hydrogen) atoms. The lowest BCUT2D eigenvalue weighted by Gasteiger charge is -2.15. The van der Waals surface area contributed by atoms with Crippen LogP contribution in [0.5, 0.6) is 17.4 Å². The van der Waals surface area contributed by atoms with Gasteiger partial charge in [0.1, 0.15) is 29.5 Å². The summed E-state index contributed by atoms with van der Waals surface area (Å²) in [6.07, 6.45) is -2.08. The van der Waals surface area contributed by atoms with E-state index in [-0.39, 0.29) is 41.0 Å². The van der Waals surface area contributed by atoms with Crippen LogP contribution in [0.1, 0.15) is 57.3 Å². The number of amides is 1. The standard InChI is InChI=1S/C29H19ClF3N3O5/c1-14-3-2-4-20(30)24(14)25-18(27(41-36-25)15-5-6-15)13-39-23-10-9-21-26(34-23)19(29(31,32)33)11-16-7-8-17(28(37)35-38)12-22(16)40-21/h2-4,7-12,15H,5-6,13H2,1H3. The fraction of sp³-hybridized carbons (Fsp3) is 0.207. The zero-order valence-electron chi connectivity index (χ0n) is 21.3. The average molecular weight is 582 g/mol. The molecule has 1 aliphatic carbocycles. The van der Waals surface area contributed by atoms with Crippen LogP contribution < -0.4 is 9.47 Å². The lowest BCUT2D eigenvalue weighted by Crippen LogP contribution is -2.12. The number of nitroso groups, excluding NO2 is 1. The highest BCUT2D eigenvalue weighted by molar-refractivity contribution is 6.33. The fourth-order valence-corrected chi connectivity index (χ4v) is 4.98. The van der Waals surface area contributed by atoms with Crippen molar-refractivity contribution in [1.82, 2.24) is 10.1 Å². The van der Waals surface area contributed by atoms with Gasteiger partial charge in [0.2, 0.25) is 5.88 Å². The molecular weight excluding hydrogens is 563 g/mol. The molecule has 8 nitrogen and oxygen atoms in total. The molecule has 2 aromatic carbocycles. The summed E-state index contributed by atoms with van der Waals surface area (Å²) in [5, 5.41) is 7.10. The van der Waals surface area contributed by atoms with Gasteiger partial charge in [-0.2, -0.15) is 13.2 Å². The van der Waals surface area contributed by atoms with Gasteiger partial charge in [-0.15, -0.1) is 4.91 Å². The van der Waals surface area contributed by atoms with E-state index in [0.717, 1.165) is 30.5 Å². The fourth-order valence-electron chi connectivity index (χ4n) is 4.67. The molecule has 1 aliphatic heterocycles. The summed E-state index contributed by atoms with van der Waals surface area (Å²) in [7, 11) is 0. The molecule has 2 aliphatic rings. The van der Waals surface area contributed by atoms with Crippen LogP contribution in [0.2, 0.25) is 5.02 Å². The van der Waals surface area contributed by atoms with E-state index in [0.29, 0.717) is 27.6 Å². The van der Waals surface area contributed by atoms with Crippen LogP contribution in [0.4, 0.5) is 13.2 Å². The number of carbonyl (C=O) groups excluding carboxylic acids is 1. The number of aromatic nitrogens is 2. The first-order valence-electron chi connectivity index (χ1n) is 12.5. The smallest absolute Gasteiger partial charge is 0.418 e. The molecular formula is C29H19ClF3N3O5. The number of allylic oxidation sites excluding steroid dienone is 1. The second-order valence-electron chi connectivity index (χ2n) is 9.67. The maximum Gasteiger partial charge on any atom is 0.418 e. The summed E-state index contributed by atoms with van der Waals surface area (Å²) < 4.78 is 60.0. The molecule has 1 fully saturated rings. The van der Waals surface area contributed by atoms with Gasteiger partial charge in [-0.1, -0.05) is 35.0 Å². The Balaban J connectivity index is 1.36. The molecule has 0 bridgehead atoms. The van der Waals surface area contributed by atoms with Crippen LogP contribution in [-0.2, 0) is 6.61 Å². The van der Waals surface area contributed by atoms with Crippen molar-refractivity contribution >= 4 is 29.2 Å². The van der Waals surface area contributed by atoms with E-state index >= 15 is 0 Å². The van der Waals surface area contributed by atoms with Crippen molar-refractivity contribution in [3.8, 4) is 28.6 Å². The molecule has 6 rings (SSSR count). The van der Waals surface area contributed by atoms with Crippen LogP contribution >= 0.6 is 11.6 Å². The number of benzene rings is 2. The molecule has 12 heteroatoms. The average Bonchev–Trinajstić information content (AvgIpc) is 3.72. The third-order valence-electron chi connectivity index (χ3n) is 6.85. The number of fused-ring (bicyclic) bond motifs is 2. The van der Waals surface area contributed by atoms with Gasteiger partial charge in [-0.05, 0) is 55.7 Å². The summed E-state index contributed by atoms with van der Waals surface area (Å²) in [6, 6.07) is 11.7. The molecule has 208 valence electrons. The van der Waals surface area contributed by atoms with E-state index in [1.54, 1.807) is 6.07 Å². The van der Waals surface area contributed by atoms with Gasteiger partial charge in [0.15, 0.2) is 5.75 Å². The maximum absolute atomic E-state index is 14.2. The third kappa shape index (κ3) is 5.08. The number of nitrogens with zero attached hydrogens (tertiary/aromatic N) is 3. The highest BCUT2D eigenvalue weighted by Crippen LogP contribution is 2.47. The van der Waals surface area contributed by atoms with Gasteiger partial charge < -0.3 is 14.0 Å². The van der Waals surface area contributed by atoms with Crippen LogP contribution in [0.3, 0.4) is 0 Å². The molecule has 1 amide bonds. The first-order chi connectivity index (χ1) is 19.6. The molecule has 0 radical (unpaired) electrons. The van der Waals surface area contributed by atoms with E-state index < -0.39 is 23.4 Å². The van der Waals surface area contributed by atoms with Gasteiger partial charge in [-0.25, -0.2) is 4.98 Å². The molecule has 4 aromatic rings. The van der Waals surface area contributed by atoms with E-state index in [9.17, 15) is 22.9 Å². The van der Waals surface area contributed by atoms with Gasteiger partial charge in [0, 0.05) is 33.9 Å². The number of pyridine rings is 1. The largest absolute Gasteiger partial charge is 0.473 e. The van der Waals surface area contributed by atoms with Crippen molar-refractivity contribution in [2.75, 3.05) is 0 Å². The first kappa shape index (κ1) is 26.7. The topological polar surface area (TPSA) is 104 Å². The molecule has 0 N–H and O–H groups in total. The van der Waals surface area contributed by atoms with Crippen molar-refractivity contribution < 1.29 is 32.0 Å². The molecule has 0 spiro atoms. The number of hydrogen-bond acceptors (Lipinski definition) is 7. The zero-order valence-corrected chi connectivity index (χ0v) is 22.0. The van der Waals surface area contributed by atoms with Crippen LogP contribution in [0.25, 0.3) is 22.9 Å². The number of aryl methyl sites for hydroxylation is 1. The van der Waals surface area contributed by atoms with Gasteiger partial charge in [0.05, 0.1) is 16.2 Å². The highest BCUT2D eigenvalue weighted by atomic mass is 35.5. The van der Waals surface area contributed by atoms with Crippen molar-refractivity contribution in [2.24, 2.45) is 5.18 Å². The Hall–Kier alpha value is -4.51. The van der Waals surface area contributed by atoms with Crippen molar-refractivity contribution in [2.45, 2.75) is 38.5 Å². The summed E-state index contributed by atoms with van der Waals surface area (Å²) in [5.74, 6) is -0.602. The lowest BCUT2D eigenvalue weighted by atomic mass is 10.0. The first-order valence-corrected chi connectivity index (χ1v) is 12.9. The quantitative estimate of drug-likeness (QED) is 0.211. The minimum Gasteiger partial charge on any atom is -0.473 e. The Morgan fingerprint density at radius 2 is 1.93 bits per heavy atom. The maximum atomic E-state index is 14.2. The zero-order chi connectivity index (χ0) is 28.9. The molecule has 0 unspecified atom stereocenters. The van der Waals surface area contributed by atoms with E-state index in [4.69, 9.17) is 25.6 Å². The predicted octanol–water partition coefficient (Wildman–Crippen LogP) is 8.27. The minimum absolute atomic E-state index is 0.0403. The summed E-state index contributed by atoms with van der Waals surface area (Å²) in [6.45, 7) is 1.82. The Labute approximate surface area is 235 Å². The number of hydrogen-bond donors (Lipinski definition) is 0. The van der Waals surface area contributed by atoms with Crippen molar-refractivity contribution in [1.29, 1.82) is 0 Å². The van der Waals surface area contributed by atoms with Crippen molar-refractivity contribution in [3.05, 3.63) is 92.2 Å². The van der Waals surface area contributed by atoms with Crippen LogP contribution in [0.15, 0.2) is 58.2 Å². The van der Waals surface area contributed by atoms with E-state index in [1.165, 1.54) is 24.3 Å². The molecule has 2 aromatic heterocycles. The second kappa shape index (κ2) is 10.2. The van der Waals surface area contributed by atoms with E-state index in [1.807, 2.05) is 19.1 Å². The predicted molar refractivity (Wildman–Crippen MR) is 143 cm³/mol. The monoisotopic (exact) mass is 581 g/mol. The van der Waals surface area contributed by atoms with Gasteiger partial charge >= 0.3 is 12.1 Å². The normalized spacial score (nSPS) is 14.3. The number of rotatable bonds is 6. The molecule has 3 heterocycles. The Morgan fingerprint density at radius 3 is 2.63 bits per heavy atom. The number of carbonyl (C=O) groups is 1. The Kier molecular flexibility index (Phi) is 6.61. The molecule has 1 saturated carbocycles. The van der Waals surface area contributed by atoms with Crippen molar-refractivity contribution in [3.63, 3.8) is 0 Å². The van der Waals surface area contributed by atoms with Gasteiger partial charge in [0.25, 0.3) is 0 Å². The second-order valence-corrected chi connectivity index (χ2v) is 10.1. The van der Waals surface area contributed by atoms with Crippen LogP contribution in [-0.4, -0.2) is 22.2 Å². The number of ether oxygens (including phenoxy) is 2. The lowest BCUT2D eigenvalue weighted by molar-refractivity contribution is -0.0686. The number of halogens is 4. The summed E-state index contributed by atoms with van der Waals surface area (Å²) in [5.41, 5.74) is 1.08. The Morgan fingerprint density at radius 1 is 1.12 bits per heavy atom. The van der Waals surface area contributed by atoms with Crippen LogP contribution in [0, 0.1) is 11.8 Å². The molecule has 0 atom stereocenters. The summed E-state index contributed by atoms with van der Waals surface area (Å²) >= 11 is 6.48. The summed E-state index contributed by atoms with van der Waals surface area (Å²) in [4.78, 5) is 26.5. The SMILES string of the molecule is Cc1cccc(Cl)c1-c1noc(C2CC2)c1COc1ccc2c(n1)C(C(F)(F)F)=Cc1ccc(C(=O)N=O)cc1O2. The third-order valence-corrected chi connectivity index (χ3v) is 7.16. The number of alkyl halides is 3. The van der Waals surface area contributed by atoms with Gasteiger partial charge in [-0.3, -0.25) is 4.79 Å². The molecule has 0 saturated heterocycles. The highest BCUT2D eigenvalue weighted by Gasteiger charge is 2.39. The minimum atomic E-state index is -4.80. The van der Waals surface area contributed by atoms with E-state index in [2.05, 4.69) is 15.3 Å². The Bertz CT molecular complexity index is 1720.